The van der Waals surface area contributed by atoms with Crippen molar-refractivity contribution in [2.45, 2.75) is 13.0 Å². The summed E-state index contributed by atoms with van der Waals surface area (Å²) in [4.78, 5) is 11.2. The highest BCUT2D eigenvalue weighted by molar-refractivity contribution is 8.13. The summed E-state index contributed by atoms with van der Waals surface area (Å²) in [5.41, 5.74) is 3.24. The molecule has 3 heterocycles. The second-order valence-electron chi connectivity index (χ2n) is 6.62. The molecule has 0 amide bonds. The van der Waals surface area contributed by atoms with Gasteiger partial charge in [-0.25, -0.2) is 9.98 Å². The Labute approximate surface area is 168 Å². The number of aryl methyl sites for hydroxylation is 1. The van der Waals surface area contributed by atoms with Crippen LogP contribution in [0.1, 0.15) is 11.6 Å². The van der Waals surface area contributed by atoms with Crippen molar-refractivity contribution in [2.75, 3.05) is 26.5 Å². The molecule has 0 atom stereocenters. The number of ether oxygens (including phenoxy) is 1. The molecule has 0 bridgehead atoms. The number of benzene rings is 1. The van der Waals surface area contributed by atoms with Crippen molar-refractivity contribution in [2.24, 2.45) is 4.99 Å². The molecule has 0 N–H and O–H groups in total. The van der Waals surface area contributed by atoms with Crippen LogP contribution in [-0.4, -0.2) is 46.1 Å². The Bertz CT molecular complexity index is 993. The normalized spacial score (nSPS) is 15.3. The van der Waals surface area contributed by atoms with E-state index in [1.165, 1.54) is 11.1 Å². The summed E-state index contributed by atoms with van der Waals surface area (Å²) in [6.45, 7) is 3.92. The van der Waals surface area contributed by atoms with Crippen LogP contribution < -0.4 is 4.74 Å². The third-order valence-electron chi connectivity index (χ3n) is 4.80. The fraction of sp³-hybridized carbons (Fsp3) is 0.300. The molecule has 5 nitrogen and oxygen atoms in total. The minimum absolute atomic E-state index is 0.397. The van der Waals surface area contributed by atoms with E-state index in [1.807, 2.05) is 18.4 Å². The zero-order chi connectivity index (χ0) is 19.0. The van der Waals surface area contributed by atoms with E-state index in [0.29, 0.717) is 11.9 Å². The molecular formula is C20H21ClN4OS. The molecule has 1 aliphatic rings. The minimum Gasteiger partial charge on any atom is -0.481 e. The van der Waals surface area contributed by atoms with E-state index in [9.17, 15) is 0 Å². The number of hydrogen-bond donors (Lipinski definition) is 0. The summed E-state index contributed by atoms with van der Waals surface area (Å²) in [5.74, 6) is 0.593. The maximum absolute atomic E-state index is 6.45. The van der Waals surface area contributed by atoms with Crippen molar-refractivity contribution in [1.82, 2.24) is 14.5 Å². The van der Waals surface area contributed by atoms with Gasteiger partial charge in [-0.1, -0.05) is 35.0 Å². The van der Waals surface area contributed by atoms with Gasteiger partial charge >= 0.3 is 0 Å². The lowest BCUT2D eigenvalue weighted by Crippen LogP contribution is -2.49. The largest absolute Gasteiger partial charge is 0.481 e. The van der Waals surface area contributed by atoms with E-state index in [-0.39, 0.29) is 0 Å². The molecule has 0 saturated carbocycles. The van der Waals surface area contributed by atoms with Crippen LogP contribution in [0.3, 0.4) is 0 Å². The number of likely N-dealkylation sites (tertiary alicyclic amines) is 1. The van der Waals surface area contributed by atoms with Crippen molar-refractivity contribution in [3.05, 3.63) is 53.3 Å². The number of aliphatic imine (C=N–C) groups is 1. The zero-order valence-corrected chi connectivity index (χ0v) is 17.1. The van der Waals surface area contributed by atoms with Gasteiger partial charge in [0.05, 0.1) is 30.1 Å². The van der Waals surface area contributed by atoms with Gasteiger partial charge in [0.25, 0.3) is 0 Å². The number of hydrogen-bond acceptors (Lipinski definition) is 4. The summed E-state index contributed by atoms with van der Waals surface area (Å²) < 4.78 is 7.39. The molecule has 0 spiro atoms. The molecule has 1 fully saturated rings. The van der Waals surface area contributed by atoms with Crippen LogP contribution in [-0.2, 0) is 0 Å². The van der Waals surface area contributed by atoms with Gasteiger partial charge in [-0.2, -0.15) is 0 Å². The Kier molecular flexibility index (Phi) is 5.02. The fourth-order valence-corrected chi connectivity index (χ4v) is 4.19. The molecule has 0 aliphatic carbocycles. The summed E-state index contributed by atoms with van der Waals surface area (Å²) in [7, 11) is 1.61. The maximum atomic E-state index is 6.45. The van der Waals surface area contributed by atoms with Crippen LogP contribution >= 0.6 is 23.4 Å². The number of fused-ring (bicyclic) bond motifs is 1. The van der Waals surface area contributed by atoms with Gasteiger partial charge in [0.15, 0.2) is 5.17 Å². The third-order valence-corrected chi connectivity index (χ3v) is 5.82. The molecule has 7 heteroatoms. The molecule has 1 aromatic carbocycles. The molecule has 2 aromatic heterocycles. The molecule has 1 aliphatic heterocycles. The first kappa shape index (κ1) is 18.2. The van der Waals surface area contributed by atoms with Crippen molar-refractivity contribution in [3.8, 4) is 5.88 Å². The molecular weight excluding hydrogens is 380 g/mol. The lowest BCUT2D eigenvalue weighted by molar-refractivity contribution is 0.201. The number of methoxy groups -OCH3 is 1. The Balaban J connectivity index is 1.51. The van der Waals surface area contributed by atoms with Crippen LogP contribution in [0.5, 0.6) is 5.88 Å². The van der Waals surface area contributed by atoms with Crippen LogP contribution in [0, 0.1) is 6.92 Å². The zero-order valence-electron chi connectivity index (χ0n) is 15.5. The quantitative estimate of drug-likeness (QED) is 0.462. The van der Waals surface area contributed by atoms with E-state index in [0.717, 1.165) is 34.4 Å². The average molecular weight is 401 g/mol. The fourth-order valence-electron chi connectivity index (χ4n) is 3.33. The third kappa shape index (κ3) is 3.51. The molecule has 27 heavy (non-hydrogen) atoms. The summed E-state index contributed by atoms with van der Waals surface area (Å²) >= 11 is 8.10. The van der Waals surface area contributed by atoms with Gasteiger partial charge in [0.1, 0.15) is 0 Å². The SMILES string of the molecule is COc1ccc(/N=C(/SC)N2CC(n3cc(Cl)c4cc(C)ccc43)C2)cn1. The van der Waals surface area contributed by atoms with Gasteiger partial charge in [-0.3, -0.25) is 0 Å². The van der Waals surface area contributed by atoms with Crippen LogP contribution in [0.2, 0.25) is 5.02 Å². The lowest BCUT2D eigenvalue weighted by Gasteiger charge is -2.41. The Hall–Kier alpha value is -2.18. The number of thioether (sulfide) groups is 1. The highest BCUT2D eigenvalue weighted by Crippen LogP contribution is 2.34. The number of nitrogens with zero attached hydrogens (tertiary/aromatic N) is 4. The van der Waals surface area contributed by atoms with Crippen molar-refractivity contribution in [1.29, 1.82) is 0 Å². The highest BCUT2D eigenvalue weighted by Gasteiger charge is 2.31. The second-order valence-corrected chi connectivity index (χ2v) is 7.80. The van der Waals surface area contributed by atoms with E-state index in [4.69, 9.17) is 21.3 Å². The van der Waals surface area contributed by atoms with Gasteiger partial charge in [0, 0.05) is 36.3 Å². The van der Waals surface area contributed by atoms with Crippen LogP contribution in [0.15, 0.2) is 47.7 Å². The number of amidine groups is 1. The number of aromatic nitrogens is 2. The smallest absolute Gasteiger partial charge is 0.213 e. The molecule has 0 radical (unpaired) electrons. The molecule has 4 rings (SSSR count). The first-order valence-corrected chi connectivity index (χ1v) is 10.3. The second kappa shape index (κ2) is 7.44. The number of halogens is 1. The summed E-state index contributed by atoms with van der Waals surface area (Å²) in [5, 5.41) is 2.94. The summed E-state index contributed by atoms with van der Waals surface area (Å²) in [6.07, 6.45) is 5.83. The predicted octanol–water partition coefficient (Wildman–Crippen LogP) is 4.91. The van der Waals surface area contributed by atoms with Gasteiger partial charge in [-0.05, 0) is 31.4 Å². The van der Waals surface area contributed by atoms with E-state index in [2.05, 4.69) is 45.8 Å². The summed E-state index contributed by atoms with van der Waals surface area (Å²) in [6, 6.07) is 10.6. The number of rotatable bonds is 3. The van der Waals surface area contributed by atoms with Crippen molar-refractivity contribution >= 4 is 45.1 Å². The molecule has 3 aromatic rings. The van der Waals surface area contributed by atoms with E-state index >= 15 is 0 Å². The first-order chi connectivity index (χ1) is 13.1. The topological polar surface area (TPSA) is 42.6 Å². The van der Waals surface area contributed by atoms with Crippen molar-refractivity contribution < 1.29 is 4.74 Å². The Morgan fingerprint density at radius 1 is 1.30 bits per heavy atom. The van der Waals surface area contributed by atoms with Crippen LogP contribution in [0.4, 0.5) is 5.69 Å². The lowest BCUT2D eigenvalue weighted by atomic mass is 10.1. The molecule has 140 valence electrons. The van der Waals surface area contributed by atoms with E-state index < -0.39 is 0 Å². The monoisotopic (exact) mass is 400 g/mol. The Morgan fingerprint density at radius 3 is 2.78 bits per heavy atom. The van der Waals surface area contributed by atoms with E-state index in [1.54, 1.807) is 25.1 Å². The standard InChI is InChI=1S/C20H21ClN4OS/c1-13-4-6-18-16(8-13)17(21)12-25(18)15-10-24(11-15)20(27-3)23-14-5-7-19(26-2)22-9-14/h4-9,12,15H,10-11H2,1-3H3/b23-20+. The van der Waals surface area contributed by atoms with Gasteiger partial charge in [0.2, 0.25) is 5.88 Å². The molecule has 1 saturated heterocycles. The Morgan fingerprint density at radius 2 is 2.11 bits per heavy atom. The first-order valence-electron chi connectivity index (χ1n) is 8.73. The maximum Gasteiger partial charge on any atom is 0.213 e. The number of pyridine rings is 1. The predicted molar refractivity (Wildman–Crippen MR) is 114 cm³/mol. The minimum atomic E-state index is 0.397. The average Bonchev–Trinajstić information content (AvgIpc) is 2.96. The van der Waals surface area contributed by atoms with Gasteiger partial charge in [-0.15, -0.1) is 0 Å². The van der Waals surface area contributed by atoms with Crippen molar-refractivity contribution in [3.63, 3.8) is 0 Å². The highest BCUT2D eigenvalue weighted by atomic mass is 35.5. The van der Waals surface area contributed by atoms with Gasteiger partial charge < -0.3 is 14.2 Å². The molecule has 0 unspecified atom stereocenters. The van der Waals surface area contributed by atoms with Crippen LogP contribution in [0.25, 0.3) is 10.9 Å².